The maximum absolute atomic E-state index is 12.5. The molecule has 2 amide bonds. The van der Waals surface area contributed by atoms with E-state index in [0.717, 1.165) is 19.6 Å². The predicted molar refractivity (Wildman–Crippen MR) is 84.0 cm³/mol. The summed E-state index contributed by atoms with van der Waals surface area (Å²) in [5.74, 6) is 0.614. The quantitative estimate of drug-likeness (QED) is 0.911. The zero-order valence-electron chi connectivity index (χ0n) is 12.8. The first kappa shape index (κ1) is 14.5. The largest absolute Gasteiger partial charge is 0.322 e. The Hall–Kier alpha value is -2.41. The smallest absolute Gasteiger partial charge is 0.319 e. The number of urea groups is 1. The highest BCUT2D eigenvalue weighted by Gasteiger charge is 2.26. The van der Waals surface area contributed by atoms with Gasteiger partial charge in [0.2, 0.25) is 0 Å². The summed E-state index contributed by atoms with van der Waals surface area (Å²) in [6.45, 7) is 4.55. The van der Waals surface area contributed by atoms with Gasteiger partial charge in [-0.05, 0) is 32.2 Å². The summed E-state index contributed by atoms with van der Waals surface area (Å²) in [7, 11) is 2.07. The molecule has 0 saturated carbocycles. The van der Waals surface area contributed by atoms with Crippen molar-refractivity contribution in [3.63, 3.8) is 0 Å². The van der Waals surface area contributed by atoms with Crippen LogP contribution in [0.4, 0.5) is 10.5 Å². The highest BCUT2D eigenvalue weighted by Crippen LogP contribution is 2.18. The average molecular weight is 300 g/mol. The molecule has 0 aromatic carbocycles. The number of carbonyl (C=O) groups is 1. The van der Waals surface area contributed by atoms with Crippen LogP contribution in [0.5, 0.6) is 0 Å². The number of nitrogens with one attached hydrogen (secondary N) is 1. The molecule has 2 aromatic rings. The van der Waals surface area contributed by atoms with Crippen LogP contribution >= 0.6 is 0 Å². The summed E-state index contributed by atoms with van der Waals surface area (Å²) in [4.78, 5) is 20.9. The van der Waals surface area contributed by atoms with Crippen molar-refractivity contribution < 1.29 is 4.79 Å². The summed E-state index contributed by atoms with van der Waals surface area (Å²) in [5, 5.41) is 7.13. The number of aromatic nitrogens is 3. The van der Waals surface area contributed by atoms with Crippen LogP contribution in [0.1, 0.15) is 6.92 Å². The van der Waals surface area contributed by atoms with Gasteiger partial charge in [-0.3, -0.25) is 0 Å². The van der Waals surface area contributed by atoms with Crippen LogP contribution in [-0.2, 0) is 0 Å². The van der Waals surface area contributed by atoms with E-state index in [9.17, 15) is 4.79 Å². The lowest BCUT2D eigenvalue weighted by Crippen LogP contribution is -2.54. The molecule has 1 N–H and O–H groups in total. The standard InChI is InChI=1S/C15H20N6O/c1-12-11-19(2)9-10-20(12)15(22)18-13-5-3-6-16-14(13)21-8-4-7-17-21/h3-8,12H,9-11H2,1-2H3,(H,18,22)/t12-/m0/s1. The van der Waals surface area contributed by atoms with E-state index in [4.69, 9.17) is 0 Å². The van der Waals surface area contributed by atoms with Crippen molar-refractivity contribution in [1.82, 2.24) is 24.6 Å². The number of carbonyl (C=O) groups excluding carboxylic acids is 1. The number of amides is 2. The molecule has 3 heterocycles. The normalized spacial score (nSPS) is 19.2. The van der Waals surface area contributed by atoms with Crippen LogP contribution in [0.15, 0.2) is 36.8 Å². The molecular weight excluding hydrogens is 280 g/mol. The predicted octanol–water partition coefficient (Wildman–Crippen LogP) is 1.44. The fraction of sp³-hybridized carbons (Fsp3) is 0.400. The summed E-state index contributed by atoms with van der Waals surface area (Å²) < 4.78 is 1.64. The maximum Gasteiger partial charge on any atom is 0.322 e. The molecule has 1 fully saturated rings. The van der Waals surface area contributed by atoms with Gasteiger partial charge in [0.1, 0.15) is 0 Å². The number of pyridine rings is 1. The van der Waals surface area contributed by atoms with E-state index in [2.05, 4.69) is 34.3 Å². The zero-order chi connectivity index (χ0) is 15.5. The van der Waals surface area contributed by atoms with Gasteiger partial charge in [0.05, 0.1) is 5.69 Å². The monoisotopic (exact) mass is 300 g/mol. The van der Waals surface area contributed by atoms with Gasteiger partial charge in [-0.1, -0.05) is 0 Å². The van der Waals surface area contributed by atoms with Gasteiger partial charge in [0.25, 0.3) is 0 Å². The SMILES string of the molecule is C[C@H]1CN(C)CCN1C(=O)Nc1cccnc1-n1cccn1. The molecule has 3 rings (SSSR count). The minimum atomic E-state index is -0.0954. The number of rotatable bonds is 2. The first-order valence-corrected chi connectivity index (χ1v) is 7.36. The van der Waals surface area contributed by atoms with E-state index in [1.54, 1.807) is 29.3 Å². The van der Waals surface area contributed by atoms with Gasteiger partial charge in [-0.15, -0.1) is 0 Å². The number of likely N-dealkylation sites (N-methyl/N-ethyl adjacent to an activating group) is 1. The molecule has 1 saturated heterocycles. The molecule has 1 aliphatic rings. The lowest BCUT2D eigenvalue weighted by molar-refractivity contribution is 0.125. The summed E-state index contributed by atoms with van der Waals surface area (Å²) >= 11 is 0. The van der Waals surface area contributed by atoms with Gasteiger partial charge in [-0.2, -0.15) is 5.10 Å². The second kappa shape index (κ2) is 6.15. The van der Waals surface area contributed by atoms with E-state index in [1.165, 1.54) is 0 Å². The first-order chi connectivity index (χ1) is 10.6. The molecule has 7 heteroatoms. The molecule has 0 aliphatic carbocycles. The molecule has 0 spiro atoms. The Bertz CT molecular complexity index is 641. The van der Waals surface area contributed by atoms with Crippen molar-refractivity contribution in [3.05, 3.63) is 36.8 Å². The number of hydrogen-bond donors (Lipinski definition) is 1. The number of nitrogens with zero attached hydrogens (tertiary/aromatic N) is 5. The second-order valence-corrected chi connectivity index (χ2v) is 5.56. The Balaban J connectivity index is 1.77. The van der Waals surface area contributed by atoms with Crippen LogP contribution < -0.4 is 5.32 Å². The summed E-state index contributed by atoms with van der Waals surface area (Å²) in [5.41, 5.74) is 0.655. The Morgan fingerprint density at radius 3 is 2.91 bits per heavy atom. The van der Waals surface area contributed by atoms with Gasteiger partial charge >= 0.3 is 6.03 Å². The maximum atomic E-state index is 12.5. The third kappa shape index (κ3) is 2.94. The van der Waals surface area contributed by atoms with Crippen molar-refractivity contribution in [2.75, 3.05) is 32.0 Å². The minimum absolute atomic E-state index is 0.0954. The Morgan fingerprint density at radius 2 is 2.18 bits per heavy atom. The van der Waals surface area contributed by atoms with E-state index in [1.807, 2.05) is 17.0 Å². The van der Waals surface area contributed by atoms with E-state index < -0.39 is 0 Å². The molecule has 0 radical (unpaired) electrons. The van der Waals surface area contributed by atoms with Gasteiger partial charge in [0.15, 0.2) is 5.82 Å². The number of anilines is 1. The van der Waals surface area contributed by atoms with Gasteiger partial charge < -0.3 is 15.1 Å². The van der Waals surface area contributed by atoms with E-state index in [-0.39, 0.29) is 12.1 Å². The van der Waals surface area contributed by atoms with Crippen molar-refractivity contribution in [2.24, 2.45) is 0 Å². The first-order valence-electron chi connectivity index (χ1n) is 7.36. The minimum Gasteiger partial charge on any atom is -0.319 e. The Kier molecular flexibility index (Phi) is 4.06. The van der Waals surface area contributed by atoms with Crippen LogP contribution in [0, 0.1) is 0 Å². The molecule has 0 unspecified atom stereocenters. The number of hydrogen-bond acceptors (Lipinski definition) is 4. The van der Waals surface area contributed by atoms with Crippen molar-refractivity contribution in [2.45, 2.75) is 13.0 Å². The topological polar surface area (TPSA) is 66.3 Å². The third-order valence-corrected chi connectivity index (χ3v) is 3.84. The summed E-state index contributed by atoms with van der Waals surface area (Å²) in [6, 6.07) is 5.55. The van der Waals surface area contributed by atoms with Crippen LogP contribution in [0.25, 0.3) is 5.82 Å². The highest BCUT2D eigenvalue weighted by molar-refractivity contribution is 5.91. The van der Waals surface area contributed by atoms with Crippen molar-refractivity contribution in [3.8, 4) is 5.82 Å². The lowest BCUT2D eigenvalue weighted by Gasteiger charge is -2.38. The zero-order valence-corrected chi connectivity index (χ0v) is 12.8. The molecule has 1 aliphatic heterocycles. The number of piperazine rings is 1. The van der Waals surface area contributed by atoms with E-state index >= 15 is 0 Å². The van der Waals surface area contributed by atoms with Gasteiger partial charge in [0, 0.05) is 44.3 Å². The van der Waals surface area contributed by atoms with Crippen LogP contribution in [0.3, 0.4) is 0 Å². The lowest BCUT2D eigenvalue weighted by atomic mass is 10.2. The highest BCUT2D eigenvalue weighted by atomic mass is 16.2. The molecule has 2 aromatic heterocycles. The Labute approximate surface area is 129 Å². The van der Waals surface area contributed by atoms with Crippen molar-refractivity contribution in [1.29, 1.82) is 0 Å². The molecule has 0 bridgehead atoms. The third-order valence-electron chi connectivity index (χ3n) is 3.84. The molecule has 116 valence electrons. The fourth-order valence-corrected chi connectivity index (χ4v) is 2.70. The van der Waals surface area contributed by atoms with Crippen LogP contribution in [-0.4, -0.2) is 63.3 Å². The van der Waals surface area contributed by atoms with Crippen molar-refractivity contribution >= 4 is 11.7 Å². The second-order valence-electron chi connectivity index (χ2n) is 5.56. The molecule has 7 nitrogen and oxygen atoms in total. The molecular formula is C15H20N6O. The van der Waals surface area contributed by atoms with E-state index in [0.29, 0.717) is 11.5 Å². The average Bonchev–Trinajstić information content (AvgIpc) is 3.01. The van der Waals surface area contributed by atoms with Gasteiger partial charge in [-0.25, -0.2) is 14.5 Å². The Morgan fingerprint density at radius 1 is 1.32 bits per heavy atom. The summed E-state index contributed by atoms with van der Waals surface area (Å²) in [6.07, 6.45) is 5.17. The van der Waals surface area contributed by atoms with Crippen LogP contribution in [0.2, 0.25) is 0 Å². The fourth-order valence-electron chi connectivity index (χ4n) is 2.70. The molecule has 1 atom stereocenters. The molecule has 22 heavy (non-hydrogen) atoms.